The van der Waals surface area contributed by atoms with Crippen molar-refractivity contribution in [2.24, 2.45) is 17.8 Å². The molecule has 0 amide bonds. The van der Waals surface area contributed by atoms with Gasteiger partial charge in [0, 0.05) is 18.4 Å². The molecule has 14 heavy (non-hydrogen) atoms. The van der Waals surface area contributed by atoms with Crippen LogP contribution in [0.15, 0.2) is 0 Å². The molecule has 1 heterocycles. The van der Waals surface area contributed by atoms with Gasteiger partial charge >= 0.3 is 0 Å². The second-order valence-corrected chi connectivity index (χ2v) is 4.75. The van der Waals surface area contributed by atoms with E-state index in [1.54, 1.807) is 0 Å². The van der Waals surface area contributed by atoms with Gasteiger partial charge in [0.25, 0.3) is 0 Å². The Morgan fingerprint density at radius 3 is 2.71 bits per heavy atom. The van der Waals surface area contributed by atoms with Crippen molar-refractivity contribution in [3.63, 3.8) is 0 Å². The van der Waals surface area contributed by atoms with E-state index in [-0.39, 0.29) is 5.92 Å². The molecule has 2 nitrogen and oxygen atoms in total. The minimum Gasteiger partial charge on any atom is -0.381 e. The van der Waals surface area contributed by atoms with Crippen LogP contribution in [0.2, 0.25) is 0 Å². The first kappa shape index (κ1) is 10.2. The topological polar surface area (TPSA) is 26.3 Å². The van der Waals surface area contributed by atoms with Gasteiger partial charge in [-0.1, -0.05) is 13.3 Å². The molecule has 0 N–H and O–H groups in total. The van der Waals surface area contributed by atoms with Gasteiger partial charge in [0.1, 0.15) is 5.78 Å². The normalized spacial score (nSPS) is 37.6. The molecule has 2 heteroatoms. The summed E-state index contributed by atoms with van der Waals surface area (Å²) in [5, 5.41) is 0. The fourth-order valence-electron chi connectivity index (χ4n) is 2.80. The Kier molecular flexibility index (Phi) is 3.22. The van der Waals surface area contributed by atoms with Gasteiger partial charge in [-0.05, 0) is 31.6 Å². The van der Waals surface area contributed by atoms with Crippen LogP contribution in [0.25, 0.3) is 0 Å². The summed E-state index contributed by atoms with van der Waals surface area (Å²) in [6.45, 7) is 3.71. The molecule has 1 aliphatic heterocycles. The molecular weight excluding hydrogens is 176 g/mol. The summed E-state index contributed by atoms with van der Waals surface area (Å²) < 4.78 is 5.27. The Bertz CT molecular complexity index is 206. The molecule has 2 aliphatic rings. The minimum absolute atomic E-state index is 0.232. The average Bonchev–Trinajstić information content (AvgIpc) is 2.88. The van der Waals surface area contributed by atoms with Gasteiger partial charge in [-0.15, -0.1) is 0 Å². The molecule has 2 rings (SSSR count). The monoisotopic (exact) mass is 196 g/mol. The standard InChI is InChI=1S/C12H20O2/c1-2-9-3-4-10(7-9)12(13)11-5-6-14-8-11/h9-11H,2-8H2,1H3. The summed E-state index contributed by atoms with van der Waals surface area (Å²) in [5.41, 5.74) is 0. The lowest BCUT2D eigenvalue weighted by Crippen LogP contribution is -2.22. The Morgan fingerprint density at radius 1 is 1.29 bits per heavy atom. The summed E-state index contributed by atoms with van der Waals surface area (Å²) >= 11 is 0. The second kappa shape index (κ2) is 4.43. The number of rotatable bonds is 3. The van der Waals surface area contributed by atoms with Crippen LogP contribution in [0.5, 0.6) is 0 Å². The van der Waals surface area contributed by atoms with E-state index < -0.39 is 0 Å². The number of Topliss-reactive ketones (excluding diaryl/α,β-unsaturated/α-hetero) is 1. The predicted octanol–water partition coefficient (Wildman–Crippen LogP) is 2.42. The zero-order chi connectivity index (χ0) is 9.97. The third-order valence-corrected chi connectivity index (χ3v) is 3.85. The highest BCUT2D eigenvalue weighted by Gasteiger charge is 2.34. The fourth-order valence-corrected chi connectivity index (χ4v) is 2.80. The van der Waals surface area contributed by atoms with Crippen molar-refractivity contribution >= 4 is 5.78 Å². The first-order valence-electron chi connectivity index (χ1n) is 5.92. The quantitative estimate of drug-likeness (QED) is 0.693. The lowest BCUT2D eigenvalue weighted by Gasteiger charge is -2.13. The molecule has 0 bridgehead atoms. The first-order chi connectivity index (χ1) is 6.81. The van der Waals surface area contributed by atoms with Crippen molar-refractivity contribution in [2.75, 3.05) is 13.2 Å². The molecule has 0 radical (unpaired) electrons. The summed E-state index contributed by atoms with van der Waals surface area (Å²) in [5.74, 6) is 1.91. The van der Waals surface area contributed by atoms with E-state index in [1.807, 2.05) is 0 Å². The van der Waals surface area contributed by atoms with Crippen LogP contribution in [0, 0.1) is 17.8 Å². The first-order valence-corrected chi connectivity index (χ1v) is 5.92. The Morgan fingerprint density at radius 2 is 2.14 bits per heavy atom. The maximum absolute atomic E-state index is 12.0. The summed E-state index contributed by atoms with van der Waals surface area (Å²) in [4.78, 5) is 12.0. The van der Waals surface area contributed by atoms with Crippen LogP contribution in [-0.4, -0.2) is 19.0 Å². The number of carbonyl (C=O) groups excluding carboxylic acids is 1. The van der Waals surface area contributed by atoms with Crippen molar-refractivity contribution in [1.29, 1.82) is 0 Å². The van der Waals surface area contributed by atoms with Gasteiger partial charge in [0.15, 0.2) is 0 Å². The third-order valence-electron chi connectivity index (χ3n) is 3.85. The summed E-state index contributed by atoms with van der Waals surface area (Å²) in [6, 6.07) is 0. The molecule has 2 fully saturated rings. The molecule has 80 valence electrons. The van der Waals surface area contributed by atoms with Crippen LogP contribution in [-0.2, 0) is 9.53 Å². The van der Waals surface area contributed by atoms with Crippen LogP contribution in [0.4, 0.5) is 0 Å². The van der Waals surface area contributed by atoms with E-state index in [2.05, 4.69) is 6.92 Å². The van der Waals surface area contributed by atoms with Gasteiger partial charge in [-0.3, -0.25) is 4.79 Å². The summed E-state index contributed by atoms with van der Waals surface area (Å²) in [6.07, 6.45) is 5.75. The maximum Gasteiger partial charge on any atom is 0.141 e. The number of ketones is 1. The van der Waals surface area contributed by atoms with Crippen molar-refractivity contribution in [2.45, 2.75) is 39.0 Å². The van der Waals surface area contributed by atoms with E-state index >= 15 is 0 Å². The number of ether oxygens (including phenoxy) is 1. The lowest BCUT2D eigenvalue weighted by atomic mass is 9.90. The molecule has 1 saturated heterocycles. The number of carbonyl (C=O) groups is 1. The molecule has 0 aromatic carbocycles. The smallest absolute Gasteiger partial charge is 0.141 e. The largest absolute Gasteiger partial charge is 0.381 e. The highest BCUT2D eigenvalue weighted by molar-refractivity contribution is 5.84. The predicted molar refractivity (Wildman–Crippen MR) is 55.1 cm³/mol. The highest BCUT2D eigenvalue weighted by atomic mass is 16.5. The molecule has 0 spiro atoms. The van der Waals surface area contributed by atoms with Gasteiger partial charge in [-0.2, -0.15) is 0 Å². The van der Waals surface area contributed by atoms with Crippen molar-refractivity contribution in [1.82, 2.24) is 0 Å². The second-order valence-electron chi connectivity index (χ2n) is 4.75. The van der Waals surface area contributed by atoms with Crippen molar-refractivity contribution in [3.8, 4) is 0 Å². The van der Waals surface area contributed by atoms with Gasteiger partial charge < -0.3 is 4.74 Å². The molecule has 3 unspecified atom stereocenters. The van der Waals surface area contributed by atoms with E-state index in [1.165, 1.54) is 12.8 Å². The molecule has 0 aromatic heterocycles. The molecular formula is C12H20O2. The van der Waals surface area contributed by atoms with Crippen LogP contribution >= 0.6 is 0 Å². The zero-order valence-electron chi connectivity index (χ0n) is 9.00. The Hall–Kier alpha value is -0.370. The summed E-state index contributed by atoms with van der Waals surface area (Å²) in [7, 11) is 0. The third kappa shape index (κ3) is 2.00. The number of hydrogen-bond acceptors (Lipinski definition) is 2. The van der Waals surface area contributed by atoms with E-state index in [0.717, 1.165) is 31.8 Å². The SMILES string of the molecule is CCC1CCC(C(=O)C2CCOC2)C1. The number of hydrogen-bond donors (Lipinski definition) is 0. The van der Waals surface area contributed by atoms with Crippen molar-refractivity contribution < 1.29 is 9.53 Å². The molecule has 3 atom stereocenters. The zero-order valence-corrected chi connectivity index (χ0v) is 9.00. The van der Waals surface area contributed by atoms with Crippen LogP contribution in [0.3, 0.4) is 0 Å². The van der Waals surface area contributed by atoms with E-state index in [4.69, 9.17) is 4.74 Å². The molecule has 1 saturated carbocycles. The van der Waals surface area contributed by atoms with E-state index in [0.29, 0.717) is 18.3 Å². The maximum atomic E-state index is 12.0. The molecule has 0 aromatic rings. The average molecular weight is 196 g/mol. The van der Waals surface area contributed by atoms with Crippen LogP contribution < -0.4 is 0 Å². The highest BCUT2D eigenvalue weighted by Crippen LogP contribution is 2.35. The molecule has 1 aliphatic carbocycles. The van der Waals surface area contributed by atoms with Gasteiger partial charge in [-0.25, -0.2) is 0 Å². The van der Waals surface area contributed by atoms with E-state index in [9.17, 15) is 4.79 Å². The minimum atomic E-state index is 0.232. The van der Waals surface area contributed by atoms with Crippen molar-refractivity contribution in [3.05, 3.63) is 0 Å². The van der Waals surface area contributed by atoms with Gasteiger partial charge in [0.05, 0.1) is 6.61 Å². The van der Waals surface area contributed by atoms with Gasteiger partial charge in [0.2, 0.25) is 0 Å². The lowest BCUT2D eigenvalue weighted by molar-refractivity contribution is -0.126. The van der Waals surface area contributed by atoms with Crippen LogP contribution in [0.1, 0.15) is 39.0 Å². The fraction of sp³-hybridized carbons (Fsp3) is 0.917. The Labute approximate surface area is 86.0 Å². The Balaban J connectivity index is 1.86.